The number of benzene rings is 1. The highest BCUT2D eigenvalue weighted by atomic mass is 32.1. The van der Waals surface area contributed by atoms with Gasteiger partial charge in [-0.25, -0.2) is 8.78 Å². The third kappa shape index (κ3) is 2.57. The lowest BCUT2D eigenvalue weighted by Crippen LogP contribution is -2.17. The van der Waals surface area contributed by atoms with E-state index in [4.69, 9.17) is 18.0 Å². The molecule has 0 aliphatic heterocycles. The van der Waals surface area contributed by atoms with Gasteiger partial charge < -0.3 is 11.1 Å². The van der Waals surface area contributed by atoms with Crippen LogP contribution in [-0.2, 0) is 0 Å². The van der Waals surface area contributed by atoms with E-state index in [9.17, 15) is 8.78 Å². The fraction of sp³-hybridized carbons (Fsp3) is 0.154. The van der Waals surface area contributed by atoms with E-state index in [-0.39, 0.29) is 16.5 Å². The summed E-state index contributed by atoms with van der Waals surface area (Å²) in [5, 5.41) is 10.5. The summed E-state index contributed by atoms with van der Waals surface area (Å²) < 4.78 is 26.8. The first kappa shape index (κ1) is 14.3. The van der Waals surface area contributed by atoms with Crippen LogP contribution < -0.4 is 11.1 Å². The van der Waals surface area contributed by atoms with Gasteiger partial charge in [0.25, 0.3) is 0 Å². The summed E-state index contributed by atoms with van der Waals surface area (Å²) in [6, 6.07) is 3.80. The maximum atomic E-state index is 13.7. The van der Waals surface area contributed by atoms with E-state index in [0.717, 1.165) is 11.6 Å². The van der Waals surface area contributed by atoms with Gasteiger partial charge in [0, 0.05) is 0 Å². The number of halogens is 2. The maximum Gasteiger partial charge on any atom is 0.182 e. The molecule has 0 saturated carbocycles. The van der Waals surface area contributed by atoms with Crippen molar-refractivity contribution in [1.82, 2.24) is 10.2 Å². The summed E-state index contributed by atoms with van der Waals surface area (Å²) in [4.78, 5) is 0.111. The molecule has 2 aromatic rings. The SMILES string of the molecule is Cc1nnc(Nc2cccc(F)c2F)c(C(N)=S)c1C. The monoisotopic (exact) mass is 294 g/mol. The molecule has 1 aromatic heterocycles. The van der Waals surface area contributed by atoms with Gasteiger partial charge in [-0.1, -0.05) is 18.3 Å². The largest absolute Gasteiger partial charge is 0.389 e. The van der Waals surface area contributed by atoms with Crippen LogP contribution in [0.5, 0.6) is 0 Å². The van der Waals surface area contributed by atoms with Crippen LogP contribution in [0.25, 0.3) is 0 Å². The van der Waals surface area contributed by atoms with Crippen molar-refractivity contribution in [2.24, 2.45) is 5.73 Å². The van der Waals surface area contributed by atoms with Gasteiger partial charge in [-0.15, -0.1) is 5.10 Å². The Morgan fingerprint density at radius 3 is 2.60 bits per heavy atom. The van der Waals surface area contributed by atoms with Gasteiger partial charge >= 0.3 is 0 Å². The Morgan fingerprint density at radius 1 is 1.25 bits per heavy atom. The zero-order chi connectivity index (χ0) is 14.9. The van der Waals surface area contributed by atoms with Crippen LogP contribution in [0.1, 0.15) is 16.8 Å². The molecule has 0 radical (unpaired) electrons. The summed E-state index contributed by atoms with van der Waals surface area (Å²) in [7, 11) is 0. The molecule has 3 N–H and O–H groups in total. The number of aromatic nitrogens is 2. The van der Waals surface area contributed by atoms with Crippen molar-refractivity contribution in [3.8, 4) is 0 Å². The second-order valence-electron chi connectivity index (χ2n) is 4.22. The molecule has 7 heteroatoms. The highest BCUT2D eigenvalue weighted by Gasteiger charge is 2.16. The number of nitrogens with zero attached hydrogens (tertiary/aromatic N) is 2. The third-order valence-corrected chi connectivity index (χ3v) is 3.11. The number of hydrogen-bond donors (Lipinski definition) is 2. The highest BCUT2D eigenvalue weighted by molar-refractivity contribution is 7.80. The summed E-state index contributed by atoms with van der Waals surface area (Å²) in [5.74, 6) is -1.75. The Labute approximate surface area is 120 Å². The highest BCUT2D eigenvalue weighted by Crippen LogP contribution is 2.25. The van der Waals surface area contributed by atoms with Crippen molar-refractivity contribution in [2.75, 3.05) is 5.32 Å². The van der Waals surface area contributed by atoms with Crippen LogP contribution in [0.4, 0.5) is 20.3 Å². The first-order chi connectivity index (χ1) is 9.41. The second kappa shape index (κ2) is 5.46. The van der Waals surface area contributed by atoms with Gasteiger partial charge in [-0.05, 0) is 31.5 Å². The first-order valence-electron chi connectivity index (χ1n) is 5.76. The predicted octanol–water partition coefficient (Wildman–Crippen LogP) is 2.75. The van der Waals surface area contributed by atoms with E-state index in [0.29, 0.717) is 11.3 Å². The zero-order valence-electron chi connectivity index (χ0n) is 10.9. The number of hydrogen-bond acceptors (Lipinski definition) is 4. The van der Waals surface area contributed by atoms with E-state index >= 15 is 0 Å². The van der Waals surface area contributed by atoms with Gasteiger partial charge in [0.2, 0.25) is 0 Å². The molecule has 0 saturated heterocycles. The molecular formula is C13H12F2N4S. The fourth-order valence-electron chi connectivity index (χ4n) is 1.73. The summed E-state index contributed by atoms with van der Waals surface area (Å²) in [5.41, 5.74) is 7.48. The molecule has 0 aliphatic rings. The van der Waals surface area contributed by atoms with Crippen molar-refractivity contribution in [3.63, 3.8) is 0 Å². The molecule has 0 amide bonds. The maximum absolute atomic E-state index is 13.7. The minimum absolute atomic E-state index is 0.0555. The molecule has 4 nitrogen and oxygen atoms in total. The number of nitrogens with one attached hydrogen (secondary N) is 1. The van der Waals surface area contributed by atoms with Crippen molar-refractivity contribution in [2.45, 2.75) is 13.8 Å². The third-order valence-electron chi connectivity index (χ3n) is 2.91. The molecule has 0 unspecified atom stereocenters. The van der Waals surface area contributed by atoms with E-state index in [1.807, 2.05) is 0 Å². The summed E-state index contributed by atoms with van der Waals surface area (Å²) in [6.07, 6.45) is 0. The second-order valence-corrected chi connectivity index (χ2v) is 4.66. The first-order valence-corrected chi connectivity index (χ1v) is 6.17. The average molecular weight is 294 g/mol. The molecule has 20 heavy (non-hydrogen) atoms. The van der Waals surface area contributed by atoms with E-state index in [1.165, 1.54) is 12.1 Å². The van der Waals surface area contributed by atoms with Crippen LogP contribution in [0.15, 0.2) is 18.2 Å². The minimum atomic E-state index is -0.999. The van der Waals surface area contributed by atoms with Crippen LogP contribution >= 0.6 is 12.2 Å². The predicted molar refractivity (Wildman–Crippen MR) is 77.0 cm³/mol. The average Bonchev–Trinajstić information content (AvgIpc) is 2.39. The van der Waals surface area contributed by atoms with Crippen LogP contribution in [0, 0.1) is 25.5 Å². The zero-order valence-corrected chi connectivity index (χ0v) is 11.7. The number of thiocarbonyl (C=S) groups is 1. The lowest BCUT2D eigenvalue weighted by atomic mass is 10.1. The van der Waals surface area contributed by atoms with Crippen LogP contribution in [-0.4, -0.2) is 15.2 Å². The standard InChI is InChI=1S/C13H12F2N4S/c1-6-7(2)18-19-13(10(6)12(16)20)17-9-5-3-4-8(14)11(9)15/h3-5H,1-2H3,(H2,16,20)(H,17,19). The van der Waals surface area contributed by atoms with Gasteiger partial charge in [-0.3, -0.25) is 0 Å². The topological polar surface area (TPSA) is 63.8 Å². The van der Waals surface area contributed by atoms with Crippen LogP contribution in [0.3, 0.4) is 0 Å². The Kier molecular flexibility index (Phi) is 3.89. The van der Waals surface area contributed by atoms with Gasteiger partial charge in [0.1, 0.15) is 4.99 Å². The summed E-state index contributed by atoms with van der Waals surface area (Å²) >= 11 is 4.97. The van der Waals surface area contributed by atoms with Crippen molar-refractivity contribution < 1.29 is 8.78 Å². The number of aryl methyl sites for hydroxylation is 1. The molecule has 0 fully saturated rings. The Morgan fingerprint density at radius 2 is 1.95 bits per heavy atom. The lowest BCUT2D eigenvalue weighted by molar-refractivity contribution is 0.511. The number of anilines is 2. The van der Waals surface area contributed by atoms with Crippen molar-refractivity contribution in [1.29, 1.82) is 0 Å². The Bertz CT molecular complexity index is 688. The Hall–Kier alpha value is -2.15. The molecule has 104 valence electrons. The molecule has 1 heterocycles. The normalized spacial score (nSPS) is 10.4. The van der Waals surface area contributed by atoms with E-state index in [2.05, 4.69) is 15.5 Å². The van der Waals surface area contributed by atoms with Gasteiger partial charge in [0.05, 0.1) is 16.9 Å². The molecule has 2 rings (SSSR count). The molecule has 0 aliphatic carbocycles. The minimum Gasteiger partial charge on any atom is -0.389 e. The van der Waals surface area contributed by atoms with E-state index in [1.54, 1.807) is 13.8 Å². The molecule has 0 atom stereocenters. The smallest absolute Gasteiger partial charge is 0.182 e. The molecule has 0 spiro atoms. The summed E-state index contributed by atoms with van der Waals surface area (Å²) in [6.45, 7) is 3.54. The number of nitrogens with two attached hydrogens (primary N) is 1. The van der Waals surface area contributed by atoms with Crippen molar-refractivity contribution in [3.05, 3.63) is 46.7 Å². The van der Waals surface area contributed by atoms with Crippen LogP contribution in [0.2, 0.25) is 0 Å². The molecule has 0 bridgehead atoms. The Balaban J connectivity index is 2.52. The molecular weight excluding hydrogens is 282 g/mol. The number of rotatable bonds is 3. The van der Waals surface area contributed by atoms with Crippen molar-refractivity contribution >= 4 is 28.7 Å². The lowest BCUT2D eigenvalue weighted by Gasteiger charge is -2.13. The van der Waals surface area contributed by atoms with Gasteiger partial charge in [-0.2, -0.15) is 5.10 Å². The molecule has 1 aromatic carbocycles. The fourth-order valence-corrected chi connectivity index (χ4v) is 1.98. The van der Waals surface area contributed by atoms with E-state index < -0.39 is 11.6 Å². The quantitative estimate of drug-likeness (QED) is 0.852. The van der Waals surface area contributed by atoms with Gasteiger partial charge in [0.15, 0.2) is 17.5 Å².